The highest BCUT2D eigenvalue weighted by Gasteiger charge is 2.29. The predicted molar refractivity (Wildman–Crippen MR) is 118 cm³/mol. The Bertz CT molecular complexity index is 602. The Kier molecular flexibility index (Phi) is 7.44. The SMILES string of the molecule is CN=C(NCc1ccc(CN2CCN(C)CC2)cc1)NCC1(C)CCCS1. The second kappa shape index (κ2) is 9.80. The second-order valence-electron chi connectivity index (χ2n) is 8.08. The molecule has 3 rings (SSSR count). The molecule has 150 valence electrons. The molecule has 2 aliphatic rings. The van der Waals surface area contributed by atoms with Crippen LogP contribution in [0.1, 0.15) is 30.9 Å². The van der Waals surface area contributed by atoms with Crippen LogP contribution in [-0.2, 0) is 13.1 Å². The number of hydrogen-bond acceptors (Lipinski definition) is 4. The van der Waals surface area contributed by atoms with Gasteiger partial charge >= 0.3 is 0 Å². The second-order valence-corrected chi connectivity index (χ2v) is 9.76. The first-order valence-corrected chi connectivity index (χ1v) is 11.1. The first-order chi connectivity index (χ1) is 13.1. The Morgan fingerprint density at radius 2 is 1.81 bits per heavy atom. The summed E-state index contributed by atoms with van der Waals surface area (Å²) in [7, 11) is 4.05. The van der Waals surface area contributed by atoms with E-state index in [1.807, 2.05) is 7.05 Å². The van der Waals surface area contributed by atoms with Crippen LogP contribution in [0.2, 0.25) is 0 Å². The van der Waals surface area contributed by atoms with Crippen LogP contribution in [-0.4, -0.2) is 73.1 Å². The maximum Gasteiger partial charge on any atom is 0.191 e. The summed E-state index contributed by atoms with van der Waals surface area (Å²) in [6.07, 6.45) is 2.62. The minimum absolute atomic E-state index is 0.350. The Balaban J connectivity index is 1.42. The van der Waals surface area contributed by atoms with Gasteiger partial charge in [-0.15, -0.1) is 0 Å². The largest absolute Gasteiger partial charge is 0.355 e. The van der Waals surface area contributed by atoms with Crippen LogP contribution in [0, 0.1) is 0 Å². The molecule has 1 aromatic rings. The Morgan fingerprint density at radius 3 is 2.44 bits per heavy atom. The number of hydrogen-bond donors (Lipinski definition) is 2. The number of nitrogens with zero attached hydrogens (tertiary/aromatic N) is 3. The Morgan fingerprint density at radius 1 is 1.11 bits per heavy atom. The average Bonchev–Trinajstić information content (AvgIpc) is 3.12. The van der Waals surface area contributed by atoms with Gasteiger partial charge in [-0.3, -0.25) is 9.89 Å². The van der Waals surface area contributed by atoms with E-state index in [0.717, 1.165) is 25.6 Å². The minimum atomic E-state index is 0.350. The summed E-state index contributed by atoms with van der Waals surface area (Å²) >= 11 is 2.08. The number of thioether (sulfide) groups is 1. The average molecular weight is 390 g/mol. The van der Waals surface area contributed by atoms with E-state index in [-0.39, 0.29) is 0 Å². The van der Waals surface area contributed by atoms with Crippen molar-refractivity contribution in [1.29, 1.82) is 0 Å². The Hall–Kier alpha value is -1.24. The van der Waals surface area contributed by atoms with Crippen molar-refractivity contribution in [3.05, 3.63) is 35.4 Å². The molecule has 1 atom stereocenters. The molecule has 1 unspecified atom stereocenters. The third-order valence-corrected chi connectivity index (χ3v) is 7.18. The van der Waals surface area contributed by atoms with Crippen molar-refractivity contribution in [3.8, 4) is 0 Å². The highest BCUT2D eigenvalue weighted by Crippen LogP contribution is 2.36. The summed E-state index contributed by atoms with van der Waals surface area (Å²) in [6, 6.07) is 9.00. The molecular weight excluding hydrogens is 354 g/mol. The zero-order chi connectivity index (χ0) is 19.1. The molecule has 2 fully saturated rings. The normalized spacial score (nSPS) is 24.9. The fourth-order valence-corrected chi connectivity index (χ4v) is 4.92. The molecule has 5 nitrogen and oxygen atoms in total. The maximum atomic E-state index is 4.37. The van der Waals surface area contributed by atoms with Crippen LogP contribution in [0.25, 0.3) is 0 Å². The molecule has 2 aliphatic heterocycles. The van der Waals surface area contributed by atoms with E-state index in [1.54, 1.807) is 0 Å². The molecule has 0 radical (unpaired) electrons. The Labute approximate surface area is 169 Å². The van der Waals surface area contributed by atoms with Crippen molar-refractivity contribution >= 4 is 17.7 Å². The van der Waals surface area contributed by atoms with Gasteiger partial charge in [0.25, 0.3) is 0 Å². The summed E-state index contributed by atoms with van der Waals surface area (Å²) in [5, 5.41) is 6.94. The van der Waals surface area contributed by atoms with Gasteiger partial charge in [-0.2, -0.15) is 11.8 Å². The zero-order valence-corrected chi connectivity index (χ0v) is 17.9. The van der Waals surface area contributed by atoms with Gasteiger partial charge in [0.1, 0.15) is 0 Å². The third kappa shape index (κ3) is 6.40. The van der Waals surface area contributed by atoms with Gasteiger partial charge in [0, 0.05) is 57.6 Å². The standard InChI is InChI=1S/C21H35N5S/c1-21(9-4-14-27-21)17-24-20(22-2)23-15-18-5-7-19(8-6-18)16-26-12-10-25(3)11-13-26/h5-8H,4,9-17H2,1-3H3,(H2,22,23,24). The fourth-order valence-electron chi connectivity index (χ4n) is 3.68. The lowest BCUT2D eigenvalue weighted by molar-refractivity contribution is 0.148. The molecule has 27 heavy (non-hydrogen) atoms. The summed E-state index contributed by atoms with van der Waals surface area (Å²) in [5.41, 5.74) is 2.69. The lowest BCUT2D eigenvalue weighted by atomic mass is 10.1. The lowest BCUT2D eigenvalue weighted by Gasteiger charge is -2.32. The lowest BCUT2D eigenvalue weighted by Crippen LogP contribution is -2.43. The van der Waals surface area contributed by atoms with Gasteiger partial charge in [-0.1, -0.05) is 24.3 Å². The van der Waals surface area contributed by atoms with E-state index in [9.17, 15) is 0 Å². The number of benzene rings is 1. The summed E-state index contributed by atoms with van der Waals surface area (Å²) in [6.45, 7) is 9.86. The van der Waals surface area contributed by atoms with Crippen LogP contribution in [0.3, 0.4) is 0 Å². The highest BCUT2D eigenvalue weighted by atomic mass is 32.2. The molecule has 6 heteroatoms. The van der Waals surface area contributed by atoms with Gasteiger partial charge in [0.05, 0.1) is 0 Å². The van der Waals surface area contributed by atoms with Crippen molar-refractivity contribution < 1.29 is 0 Å². The number of aliphatic imine (C=N–C) groups is 1. The molecule has 0 bridgehead atoms. The number of rotatable bonds is 6. The maximum absolute atomic E-state index is 4.37. The van der Waals surface area contributed by atoms with Crippen LogP contribution in [0.4, 0.5) is 0 Å². The first-order valence-electron chi connectivity index (χ1n) is 10.1. The van der Waals surface area contributed by atoms with Gasteiger partial charge in [-0.25, -0.2) is 0 Å². The van der Waals surface area contributed by atoms with Crippen LogP contribution >= 0.6 is 11.8 Å². The summed E-state index contributed by atoms with van der Waals surface area (Å²) in [4.78, 5) is 9.31. The molecule has 0 aliphatic carbocycles. The predicted octanol–water partition coefficient (Wildman–Crippen LogP) is 2.38. The van der Waals surface area contributed by atoms with E-state index >= 15 is 0 Å². The molecule has 2 heterocycles. The van der Waals surface area contributed by atoms with Crippen molar-refractivity contribution in [1.82, 2.24) is 20.4 Å². The topological polar surface area (TPSA) is 42.9 Å². The number of nitrogens with one attached hydrogen (secondary N) is 2. The molecule has 0 saturated carbocycles. The van der Waals surface area contributed by atoms with Crippen molar-refractivity contribution in [2.24, 2.45) is 4.99 Å². The summed E-state index contributed by atoms with van der Waals surface area (Å²) in [5.74, 6) is 2.18. The first kappa shape index (κ1) is 20.5. The highest BCUT2D eigenvalue weighted by molar-refractivity contribution is 8.00. The number of guanidine groups is 1. The molecule has 0 spiro atoms. The molecule has 0 aromatic heterocycles. The van der Waals surface area contributed by atoms with Gasteiger partial charge in [0.2, 0.25) is 0 Å². The van der Waals surface area contributed by atoms with Crippen molar-refractivity contribution in [2.45, 2.75) is 37.6 Å². The van der Waals surface area contributed by atoms with E-state index in [4.69, 9.17) is 0 Å². The smallest absolute Gasteiger partial charge is 0.191 e. The summed E-state index contributed by atoms with van der Waals surface area (Å²) < 4.78 is 0.350. The van der Waals surface area contributed by atoms with E-state index in [0.29, 0.717) is 4.75 Å². The number of likely N-dealkylation sites (N-methyl/N-ethyl adjacent to an activating group) is 1. The molecule has 1 aromatic carbocycles. The quantitative estimate of drug-likeness (QED) is 0.578. The van der Waals surface area contributed by atoms with Crippen LogP contribution in [0.15, 0.2) is 29.3 Å². The van der Waals surface area contributed by atoms with Crippen LogP contribution in [0.5, 0.6) is 0 Å². The van der Waals surface area contributed by atoms with E-state index < -0.39 is 0 Å². The van der Waals surface area contributed by atoms with Gasteiger partial charge in [0.15, 0.2) is 5.96 Å². The molecule has 0 amide bonds. The molecule has 2 saturated heterocycles. The molecular formula is C21H35N5S. The monoisotopic (exact) mass is 389 g/mol. The van der Waals surface area contributed by atoms with E-state index in [2.05, 4.69) is 75.4 Å². The zero-order valence-electron chi connectivity index (χ0n) is 17.1. The van der Waals surface area contributed by atoms with E-state index in [1.165, 1.54) is 55.9 Å². The number of piperazine rings is 1. The fraction of sp³-hybridized carbons (Fsp3) is 0.667. The molecule has 2 N–H and O–H groups in total. The van der Waals surface area contributed by atoms with Crippen LogP contribution < -0.4 is 10.6 Å². The third-order valence-electron chi connectivity index (χ3n) is 5.64. The van der Waals surface area contributed by atoms with Crippen molar-refractivity contribution in [3.63, 3.8) is 0 Å². The van der Waals surface area contributed by atoms with Crippen molar-refractivity contribution in [2.75, 3.05) is 52.6 Å². The van der Waals surface area contributed by atoms with Gasteiger partial charge in [-0.05, 0) is 43.7 Å². The minimum Gasteiger partial charge on any atom is -0.355 e. The van der Waals surface area contributed by atoms with Gasteiger partial charge < -0.3 is 15.5 Å².